The van der Waals surface area contributed by atoms with E-state index in [1.807, 2.05) is 0 Å². The fourth-order valence-electron chi connectivity index (χ4n) is 2.08. The van der Waals surface area contributed by atoms with Gasteiger partial charge in [0.1, 0.15) is 0 Å². The molecule has 32 heavy (non-hydrogen) atoms. The van der Waals surface area contributed by atoms with Gasteiger partial charge >= 0.3 is 11.9 Å². The van der Waals surface area contributed by atoms with Crippen LogP contribution in [0.3, 0.4) is 0 Å². The summed E-state index contributed by atoms with van der Waals surface area (Å²) in [5.74, 6) is -1.16. The van der Waals surface area contributed by atoms with Crippen molar-refractivity contribution in [2.45, 2.75) is 12.8 Å². The van der Waals surface area contributed by atoms with Gasteiger partial charge in [0.15, 0.2) is 0 Å². The second kappa shape index (κ2) is 15.9. The number of carbonyl (C=O) groups is 2. The minimum atomic E-state index is -3.53. The third-order valence-corrected chi connectivity index (χ3v) is 4.17. The summed E-state index contributed by atoms with van der Waals surface area (Å²) in [6.07, 6.45) is 7.22. The molecule has 0 saturated heterocycles. The monoisotopic (exact) mass is 474 g/mol. The topological polar surface area (TPSA) is 165 Å². The smallest absolute Gasteiger partial charge is 0.341 e. The second-order valence-electron chi connectivity index (χ2n) is 6.41. The van der Waals surface area contributed by atoms with Crippen molar-refractivity contribution in [2.75, 3.05) is 58.9 Å². The summed E-state index contributed by atoms with van der Waals surface area (Å²) in [4.78, 5) is 32.6. The van der Waals surface area contributed by atoms with Gasteiger partial charge in [-0.05, 0) is 0 Å². The molecule has 0 fully saturated rings. The van der Waals surface area contributed by atoms with Gasteiger partial charge in [-0.2, -0.15) is 8.42 Å². The molecule has 3 N–H and O–H groups in total. The van der Waals surface area contributed by atoms with Gasteiger partial charge in [-0.1, -0.05) is 0 Å². The van der Waals surface area contributed by atoms with Crippen molar-refractivity contribution in [2.24, 2.45) is 9.98 Å². The number of nitrogens with one attached hydrogen (secondary N) is 2. The molecule has 1 rings (SSSR count). The van der Waals surface area contributed by atoms with Gasteiger partial charge in [0.2, 0.25) is 0 Å². The molecule has 0 aromatic carbocycles. The SMILES string of the molecule is CS(=O)(=O)OCCCOC(=O)/C1=C/NCCN=C/C(C(=O)OCCCO)=C\NCCN=C1. The Balaban J connectivity index is 2.58. The summed E-state index contributed by atoms with van der Waals surface area (Å²) in [5.41, 5.74) is 0.433. The maximum atomic E-state index is 12.2. The zero-order valence-corrected chi connectivity index (χ0v) is 18.8. The normalized spacial score (nSPS) is 18.7. The van der Waals surface area contributed by atoms with E-state index in [0.29, 0.717) is 32.6 Å². The highest BCUT2D eigenvalue weighted by molar-refractivity contribution is 7.85. The fourth-order valence-corrected chi connectivity index (χ4v) is 2.50. The molecule has 1 aliphatic rings. The van der Waals surface area contributed by atoms with E-state index >= 15 is 0 Å². The van der Waals surface area contributed by atoms with Crippen LogP contribution >= 0.6 is 0 Å². The predicted molar refractivity (Wildman–Crippen MR) is 118 cm³/mol. The number of rotatable bonds is 10. The van der Waals surface area contributed by atoms with Crippen LogP contribution in [0.4, 0.5) is 0 Å². The van der Waals surface area contributed by atoms with E-state index in [1.165, 1.54) is 24.8 Å². The Morgan fingerprint density at radius 1 is 0.938 bits per heavy atom. The van der Waals surface area contributed by atoms with Crippen LogP contribution in [-0.4, -0.2) is 96.8 Å². The number of hydrogen-bond donors (Lipinski definition) is 3. The van der Waals surface area contributed by atoms with Gasteiger partial charge in [-0.3, -0.25) is 14.2 Å². The number of ether oxygens (including phenoxy) is 2. The van der Waals surface area contributed by atoms with Gasteiger partial charge in [0, 0.05) is 57.4 Å². The molecule has 12 nitrogen and oxygen atoms in total. The average molecular weight is 475 g/mol. The summed E-state index contributed by atoms with van der Waals surface area (Å²) < 4.78 is 36.5. The van der Waals surface area contributed by atoms with Gasteiger partial charge < -0.3 is 25.2 Å². The maximum Gasteiger partial charge on any atom is 0.341 e. The Hall–Kier alpha value is -2.77. The number of nitrogens with zero attached hydrogens (tertiary/aromatic N) is 2. The van der Waals surface area contributed by atoms with Crippen LogP contribution in [0.1, 0.15) is 12.8 Å². The summed E-state index contributed by atoms with van der Waals surface area (Å²) in [6.45, 7) is 1.36. The summed E-state index contributed by atoms with van der Waals surface area (Å²) >= 11 is 0. The highest BCUT2D eigenvalue weighted by Gasteiger charge is 2.11. The lowest BCUT2D eigenvalue weighted by atomic mass is 10.3. The number of hydrogen-bond acceptors (Lipinski definition) is 12. The number of carbonyl (C=O) groups excluding carboxylic acids is 2. The number of aliphatic hydroxyl groups excluding tert-OH is 1. The molecular weight excluding hydrogens is 444 g/mol. The molecule has 0 aromatic rings. The van der Waals surface area contributed by atoms with E-state index in [1.54, 1.807) is 0 Å². The zero-order chi connectivity index (χ0) is 23.7. The van der Waals surface area contributed by atoms with Crippen LogP contribution in [0.25, 0.3) is 0 Å². The van der Waals surface area contributed by atoms with E-state index in [-0.39, 0.29) is 44.0 Å². The van der Waals surface area contributed by atoms with Crippen molar-refractivity contribution in [3.05, 3.63) is 23.5 Å². The molecule has 0 atom stereocenters. The molecule has 180 valence electrons. The zero-order valence-electron chi connectivity index (χ0n) is 18.0. The summed E-state index contributed by atoms with van der Waals surface area (Å²) in [6, 6.07) is 0. The lowest BCUT2D eigenvalue weighted by Gasteiger charge is -2.08. The molecule has 0 aliphatic carbocycles. The van der Waals surface area contributed by atoms with Crippen molar-refractivity contribution >= 4 is 34.5 Å². The van der Waals surface area contributed by atoms with E-state index in [9.17, 15) is 18.0 Å². The van der Waals surface area contributed by atoms with Crippen molar-refractivity contribution in [1.29, 1.82) is 0 Å². The number of aliphatic imine (C=N–C) groups is 2. The van der Waals surface area contributed by atoms with Crippen LogP contribution in [0, 0.1) is 0 Å². The molecule has 0 bridgehead atoms. The minimum absolute atomic E-state index is 0.00659. The lowest BCUT2D eigenvalue weighted by molar-refractivity contribution is -0.139. The van der Waals surface area contributed by atoms with Crippen molar-refractivity contribution in [3.8, 4) is 0 Å². The Morgan fingerprint density at radius 2 is 1.44 bits per heavy atom. The third kappa shape index (κ3) is 13.5. The van der Waals surface area contributed by atoms with Crippen molar-refractivity contribution < 1.29 is 36.8 Å². The lowest BCUT2D eigenvalue weighted by Crippen LogP contribution is -2.20. The van der Waals surface area contributed by atoms with E-state index < -0.39 is 22.1 Å². The molecule has 0 aromatic heterocycles. The van der Waals surface area contributed by atoms with Gasteiger partial charge in [-0.15, -0.1) is 0 Å². The van der Waals surface area contributed by atoms with Crippen molar-refractivity contribution in [1.82, 2.24) is 10.6 Å². The molecule has 0 saturated carbocycles. The maximum absolute atomic E-state index is 12.2. The first kappa shape index (κ1) is 27.3. The van der Waals surface area contributed by atoms with Gasteiger partial charge in [0.25, 0.3) is 10.1 Å². The highest BCUT2D eigenvalue weighted by atomic mass is 32.2. The first-order chi connectivity index (χ1) is 15.3. The Morgan fingerprint density at radius 3 is 1.91 bits per heavy atom. The van der Waals surface area contributed by atoms with Crippen LogP contribution in [0.2, 0.25) is 0 Å². The largest absolute Gasteiger partial charge is 0.462 e. The van der Waals surface area contributed by atoms with E-state index in [4.69, 9.17) is 14.6 Å². The molecule has 0 unspecified atom stereocenters. The molecular formula is C19H30N4O8S. The average Bonchev–Trinajstić information content (AvgIpc) is 2.73. The van der Waals surface area contributed by atoms with Crippen LogP contribution in [0.5, 0.6) is 0 Å². The summed E-state index contributed by atoms with van der Waals surface area (Å²) in [5, 5.41) is 14.6. The molecule has 0 radical (unpaired) electrons. The molecule has 13 heteroatoms. The Bertz CT molecular complexity index is 821. The third-order valence-electron chi connectivity index (χ3n) is 3.57. The molecule has 1 heterocycles. The number of esters is 2. The van der Waals surface area contributed by atoms with E-state index in [0.717, 1.165) is 6.26 Å². The first-order valence-electron chi connectivity index (χ1n) is 10.00. The molecule has 0 amide bonds. The fraction of sp³-hybridized carbons (Fsp3) is 0.579. The Labute approximate surface area is 187 Å². The standard InChI is InChI=1S/C19H30N4O8S/c1-32(27,28)31-11-3-10-30-19(26)17-14-22-6-4-20-12-16(13-21-5-7-23-15-17)18(25)29-9-2-8-24/h12-15,20,23-24H,2-11H2,1H3/b16-12+,17-15+,21-13?,22-14?. The van der Waals surface area contributed by atoms with Gasteiger partial charge in [0.05, 0.1) is 50.3 Å². The summed E-state index contributed by atoms with van der Waals surface area (Å²) in [7, 11) is -3.53. The Kier molecular flexibility index (Phi) is 13.6. The number of aliphatic hydroxyl groups is 1. The predicted octanol–water partition coefficient (Wildman–Crippen LogP) is -1.08. The van der Waals surface area contributed by atoms with Gasteiger partial charge in [-0.25, -0.2) is 9.59 Å². The van der Waals surface area contributed by atoms with Crippen LogP contribution in [0.15, 0.2) is 33.5 Å². The minimum Gasteiger partial charge on any atom is -0.462 e. The quantitative estimate of drug-likeness (QED) is 0.201. The first-order valence-corrected chi connectivity index (χ1v) is 11.8. The molecule has 0 spiro atoms. The van der Waals surface area contributed by atoms with Crippen molar-refractivity contribution in [3.63, 3.8) is 0 Å². The second-order valence-corrected chi connectivity index (χ2v) is 8.05. The molecule has 1 aliphatic heterocycles. The van der Waals surface area contributed by atoms with E-state index in [2.05, 4.69) is 24.8 Å². The highest BCUT2D eigenvalue weighted by Crippen LogP contribution is 1.99. The van der Waals surface area contributed by atoms with Crippen LogP contribution in [-0.2, 0) is 33.4 Å². The van der Waals surface area contributed by atoms with Crippen LogP contribution < -0.4 is 10.6 Å².